The van der Waals surface area contributed by atoms with Crippen molar-refractivity contribution in [2.45, 2.75) is 62.7 Å². The van der Waals surface area contributed by atoms with Gasteiger partial charge in [0.25, 0.3) is 0 Å². The molecular formula is C42H44Br2F4N4O7S2. The number of carboxylic acid groups (broad SMARTS) is 1. The molecule has 4 N–H and O–H groups in total. The van der Waals surface area contributed by atoms with Crippen LogP contribution >= 0.6 is 31.9 Å². The maximum absolute atomic E-state index is 13.4. The van der Waals surface area contributed by atoms with E-state index in [1.807, 2.05) is 27.7 Å². The highest BCUT2D eigenvalue weighted by Crippen LogP contribution is 2.66. The van der Waals surface area contributed by atoms with E-state index in [1.165, 1.54) is 40.7 Å². The van der Waals surface area contributed by atoms with Gasteiger partial charge in [-0.05, 0) is 150 Å². The van der Waals surface area contributed by atoms with Crippen molar-refractivity contribution in [1.29, 1.82) is 0 Å². The summed E-state index contributed by atoms with van der Waals surface area (Å²) in [6.45, 7) is 9.02. The molecule has 4 aromatic rings. The Hall–Kier alpha value is -3.72. The summed E-state index contributed by atoms with van der Waals surface area (Å²) in [6.07, 6.45) is 0. The molecule has 0 spiro atoms. The molecule has 0 unspecified atom stereocenters. The minimum atomic E-state index is -3.95. The second-order valence-corrected chi connectivity index (χ2v) is 22.1. The molecule has 6 atom stereocenters. The van der Waals surface area contributed by atoms with Crippen molar-refractivity contribution in [2.24, 2.45) is 40.2 Å². The molecule has 2 aliphatic carbocycles. The van der Waals surface area contributed by atoms with Gasteiger partial charge in [0, 0.05) is 26.2 Å². The number of nitrogens with one attached hydrogen (secondary N) is 1. The first-order chi connectivity index (χ1) is 28.4. The van der Waals surface area contributed by atoms with Crippen LogP contribution < -0.4 is 11.1 Å². The predicted molar refractivity (Wildman–Crippen MR) is 225 cm³/mol. The molecule has 2 heterocycles. The Bertz CT molecular complexity index is 2550. The van der Waals surface area contributed by atoms with Gasteiger partial charge in [-0.1, -0.05) is 39.8 Å². The van der Waals surface area contributed by atoms with Crippen LogP contribution in [0.2, 0.25) is 0 Å². The second-order valence-electron chi connectivity index (χ2n) is 16.6. The van der Waals surface area contributed by atoms with Crippen LogP contribution in [-0.4, -0.2) is 67.6 Å². The number of piperidine rings is 2. The van der Waals surface area contributed by atoms with Crippen molar-refractivity contribution in [2.75, 3.05) is 13.1 Å². The largest absolute Gasteiger partial charge is 0.480 e. The lowest BCUT2D eigenvalue weighted by atomic mass is 10.0. The second kappa shape index (κ2) is 17.4. The maximum Gasteiger partial charge on any atom is 0.322 e. The van der Waals surface area contributed by atoms with Crippen LogP contribution in [-0.2, 0) is 42.7 Å². The topological polar surface area (TPSA) is 167 Å². The normalized spacial score (nSPS) is 24.6. The van der Waals surface area contributed by atoms with Crippen molar-refractivity contribution in [1.82, 2.24) is 13.9 Å². The van der Waals surface area contributed by atoms with E-state index in [1.54, 1.807) is 24.3 Å². The van der Waals surface area contributed by atoms with Crippen LogP contribution in [0, 0.1) is 57.8 Å². The summed E-state index contributed by atoms with van der Waals surface area (Å²) in [6, 6.07) is 16.3. The summed E-state index contributed by atoms with van der Waals surface area (Å²) in [5.74, 6) is -3.33. The van der Waals surface area contributed by atoms with Crippen molar-refractivity contribution >= 4 is 63.8 Å². The summed E-state index contributed by atoms with van der Waals surface area (Å²) in [5, 5.41) is 12.2. The monoisotopic (exact) mass is 1010 g/mol. The number of carbonyl (C=O) groups is 2. The molecule has 2 saturated heterocycles. The minimum absolute atomic E-state index is 0.0386. The Labute approximate surface area is 369 Å². The number of carboxylic acids is 1. The summed E-state index contributed by atoms with van der Waals surface area (Å²) in [4.78, 5) is 24.5. The minimum Gasteiger partial charge on any atom is -0.480 e. The molecule has 2 saturated carbocycles. The van der Waals surface area contributed by atoms with Gasteiger partial charge in [0.15, 0.2) is 0 Å². The molecule has 4 aliphatic rings. The molecule has 61 heavy (non-hydrogen) atoms. The van der Waals surface area contributed by atoms with Crippen LogP contribution in [0.3, 0.4) is 0 Å². The van der Waals surface area contributed by atoms with E-state index in [2.05, 4.69) is 37.2 Å². The number of fused-ring (bicyclic) bond motifs is 2. The zero-order chi connectivity index (χ0) is 45.0. The van der Waals surface area contributed by atoms with Crippen LogP contribution in [0.5, 0.6) is 0 Å². The maximum atomic E-state index is 13.4. The van der Waals surface area contributed by atoms with E-state index in [0.29, 0.717) is 21.1 Å². The molecule has 2 aliphatic heterocycles. The number of nitrogens with zero attached hydrogens (tertiary/aromatic N) is 2. The number of sulfonamides is 2. The Balaban J connectivity index is 0.000000173. The van der Waals surface area contributed by atoms with Gasteiger partial charge in [-0.25, -0.2) is 34.4 Å². The van der Waals surface area contributed by atoms with Gasteiger partial charge in [-0.2, -0.15) is 8.61 Å². The summed E-state index contributed by atoms with van der Waals surface area (Å²) in [5.41, 5.74) is 6.67. The molecule has 0 bridgehead atoms. The quantitative estimate of drug-likeness (QED) is 0.147. The predicted octanol–water partition coefficient (Wildman–Crippen LogP) is 7.29. The van der Waals surface area contributed by atoms with Gasteiger partial charge in [0.05, 0.1) is 18.7 Å². The standard InChI is InChI=1S/C21H21BrF2N2O3S.C14H16FNO4S.C7H7BrFN/c1-21(2)15-11-26(30(28,29)14-6-4-13(23)5-7-14)19(18(15)21)20(27)25-10-12-3-8-17(24)16(22)9-12;1-14(2)10-7-16(12(11(10)14)13(17)18)21(19,20)9-5-3-8(15)4-6-9;8-6-3-5(4-10)1-2-7(6)9/h3-9,15,18-19H,10-11H2,1-2H3,(H,25,27);3-6,10-12H,7H2,1-2H3,(H,17,18);1-3H,4,10H2/t15-,18-,19-;10-,11-,12-;/m00./s1. The first-order valence-electron chi connectivity index (χ1n) is 19.1. The van der Waals surface area contributed by atoms with E-state index < -0.39 is 55.6 Å². The van der Waals surface area contributed by atoms with E-state index >= 15 is 0 Å². The molecule has 328 valence electrons. The van der Waals surface area contributed by atoms with Crippen LogP contribution in [0.4, 0.5) is 17.6 Å². The van der Waals surface area contributed by atoms with Gasteiger partial charge >= 0.3 is 5.97 Å². The SMILES string of the molecule is CC1(C)[C@@H]2[C@@H](C(=O)NCc3ccc(F)c(Br)c3)N(S(=O)(=O)c3ccc(F)cc3)C[C@@H]21.CC1(C)[C@@H]2[C@@H](C(=O)O)N(S(=O)(=O)c3ccc(F)cc3)C[C@@H]21.NCc1ccc(F)c(Br)c1. The molecule has 1 amide bonds. The average Bonchev–Trinajstić information content (AvgIpc) is 3.66. The summed E-state index contributed by atoms with van der Waals surface area (Å²) < 4.78 is 107. The van der Waals surface area contributed by atoms with Gasteiger partial charge in [-0.15, -0.1) is 0 Å². The highest BCUT2D eigenvalue weighted by molar-refractivity contribution is 9.10. The first-order valence-corrected chi connectivity index (χ1v) is 23.5. The molecular weight excluding hydrogens is 972 g/mol. The van der Waals surface area contributed by atoms with E-state index in [9.17, 15) is 49.1 Å². The molecule has 19 heteroatoms. The van der Waals surface area contributed by atoms with Gasteiger partial charge in [0.1, 0.15) is 35.4 Å². The number of hydrogen-bond donors (Lipinski definition) is 3. The molecule has 4 fully saturated rings. The smallest absolute Gasteiger partial charge is 0.322 e. The zero-order valence-electron chi connectivity index (χ0n) is 33.3. The Morgan fingerprint density at radius 3 is 1.49 bits per heavy atom. The third kappa shape index (κ3) is 9.33. The van der Waals surface area contributed by atoms with Crippen molar-refractivity contribution in [3.63, 3.8) is 0 Å². The summed E-state index contributed by atoms with van der Waals surface area (Å²) >= 11 is 6.17. The van der Waals surface area contributed by atoms with Crippen molar-refractivity contribution in [3.05, 3.63) is 128 Å². The highest BCUT2D eigenvalue weighted by Gasteiger charge is 2.71. The number of benzene rings is 4. The van der Waals surface area contributed by atoms with Gasteiger partial charge in [0.2, 0.25) is 26.0 Å². The van der Waals surface area contributed by atoms with Crippen LogP contribution in [0.1, 0.15) is 38.8 Å². The lowest BCUT2D eigenvalue weighted by molar-refractivity contribution is -0.141. The van der Waals surface area contributed by atoms with E-state index in [4.69, 9.17) is 5.73 Å². The lowest BCUT2D eigenvalue weighted by Gasteiger charge is -2.29. The number of halogens is 6. The first kappa shape index (κ1) is 46.8. The number of hydrogen-bond acceptors (Lipinski definition) is 7. The van der Waals surface area contributed by atoms with E-state index in [-0.39, 0.29) is 75.7 Å². The fourth-order valence-electron chi connectivity index (χ4n) is 8.66. The van der Waals surface area contributed by atoms with Crippen LogP contribution in [0.25, 0.3) is 0 Å². The number of aliphatic carboxylic acids is 1. The molecule has 8 rings (SSSR count). The summed E-state index contributed by atoms with van der Waals surface area (Å²) in [7, 11) is -7.87. The lowest BCUT2D eigenvalue weighted by Crippen LogP contribution is -2.49. The Kier molecular flexibility index (Phi) is 13.4. The van der Waals surface area contributed by atoms with E-state index in [0.717, 1.165) is 34.1 Å². The van der Waals surface area contributed by atoms with Crippen LogP contribution in [0.15, 0.2) is 104 Å². The number of nitrogens with two attached hydrogens (primary N) is 1. The zero-order valence-corrected chi connectivity index (χ0v) is 38.1. The molecule has 11 nitrogen and oxygen atoms in total. The fraction of sp³-hybridized carbons (Fsp3) is 0.381. The van der Waals surface area contributed by atoms with Crippen molar-refractivity contribution in [3.8, 4) is 0 Å². The Morgan fingerprint density at radius 2 is 1.08 bits per heavy atom. The van der Waals surface area contributed by atoms with Crippen molar-refractivity contribution < 1.29 is 49.1 Å². The third-order valence-corrected chi connectivity index (χ3v) is 17.3. The number of carbonyl (C=O) groups excluding carboxylic acids is 1. The van der Waals surface area contributed by atoms with Gasteiger partial charge < -0.3 is 16.2 Å². The van der Waals surface area contributed by atoms with Gasteiger partial charge in [-0.3, -0.25) is 9.59 Å². The third-order valence-electron chi connectivity index (χ3n) is 12.4. The molecule has 4 aromatic carbocycles. The molecule has 0 radical (unpaired) electrons. The number of rotatable bonds is 9. The fourth-order valence-corrected chi connectivity index (χ4v) is 12.8. The molecule has 0 aromatic heterocycles. The highest BCUT2D eigenvalue weighted by atomic mass is 79.9. The number of amides is 1. The Morgan fingerprint density at radius 1 is 0.689 bits per heavy atom. The average molecular weight is 1020 g/mol.